The van der Waals surface area contributed by atoms with Crippen LogP contribution in [-0.4, -0.2) is 50.0 Å². The quantitative estimate of drug-likeness (QED) is 0.454. The first kappa shape index (κ1) is 19.3. The minimum Gasteiger partial charge on any atom is -0.354 e. The third-order valence-electron chi connectivity index (χ3n) is 5.18. The molecule has 25 heavy (non-hydrogen) atoms. The van der Waals surface area contributed by atoms with Crippen molar-refractivity contribution in [1.29, 1.82) is 0 Å². The van der Waals surface area contributed by atoms with Gasteiger partial charge in [-0.15, -0.1) is 0 Å². The minimum atomic E-state index is -0.0349. The molecule has 1 fully saturated rings. The van der Waals surface area contributed by atoms with E-state index >= 15 is 0 Å². The number of nitrogens with one attached hydrogen (secondary N) is 2. The first-order valence-electron chi connectivity index (χ1n) is 9.48. The van der Waals surface area contributed by atoms with E-state index in [4.69, 9.17) is 0 Å². The predicted molar refractivity (Wildman–Crippen MR) is 104 cm³/mol. The molecule has 0 aliphatic carbocycles. The van der Waals surface area contributed by atoms with Gasteiger partial charge in [-0.2, -0.15) is 0 Å². The van der Waals surface area contributed by atoms with Crippen molar-refractivity contribution >= 4 is 11.9 Å². The highest BCUT2D eigenvalue weighted by Gasteiger charge is 2.29. The maximum atomic E-state index is 12.0. The van der Waals surface area contributed by atoms with Crippen LogP contribution in [0, 0.1) is 11.8 Å². The molecule has 0 radical (unpaired) electrons. The molecule has 1 saturated heterocycles. The summed E-state index contributed by atoms with van der Waals surface area (Å²) in [6.07, 6.45) is 3.76. The Bertz CT molecular complexity index is 554. The van der Waals surface area contributed by atoms with Gasteiger partial charge in [0, 0.05) is 38.8 Å². The lowest BCUT2D eigenvalue weighted by Crippen LogP contribution is -2.43. The molecule has 1 heterocycles. The molecular formula is C20H32N4O. The maximum absolute atomic E-state index is 12.0. The van der Waals surface area contributed by atoms with Crippen molar-refractivity contribution in [2.24, 2.45) is 16.8 Å². The van der Waals surface area contributed by atoms with E-state index in [1.165, 1.54) is 19.3 Å². The van der Waals surface area contributed by atoms with E-state index in [0.29, 0.717) is 18.7 Å². The van der Waals surface area contributed by atoms with Crippen LogP contribution in [0.25, 0.3) is 0 Å². The first-order chi connectivity index (χ1) is 12.2. The number of carbonyl (C=O) groups is 1. The lowest BCUT2D eigenvalue weighted by Gasteiger charge is -2.24. The largest absolute Gasteiger partial charge is 0.354 e. The van der Waals surface area contributed by atoms with Crippen molar-refractivity contribution in [2.45, 2.75) is 33.1 Å². The second kappa shape index (κ2) is 10.1. The normalized spacial score (nSPS) is 17.8. The van der Waals surface area contributed by atoms with Crippen LogP contribution >= 0.6 is 0 Å². The highest BCUT2D eigenvalue weighted by Crippen LogP contribution is 2.28. The predicted octanol–water partition coefficient (Wildman–Crippen LogP) is 2.75. The summed E-state index contributed by atoms with van der Waals surface area (Å²) in [6.45, 7) is 7.99. The lowest BCUT2D eigenvalue weighted by atomic mass is 9.87. The molecule has 0 bridgehead atoms. The Morgan fingerprint density at radius 2 is 1.88 bits per heavy atom. The van der Waals surface area contributed by atoms with Crippen LogP contribution in [0.5, 0.6) is 0 Å². The molecule has 1 amide bonds. The molecule has 0 aromatic heterocycles. The zero-order valence-electron chi connectivity index (χ0n) is 15.8. The van der Waals surface area contributed by atoms with Crippen LogP contribution < -0.4 is 10.6 Å². The van der Waals surface area contributed by atoms with E-state index in [1.807, 2.05) is 37.4 Å². The van der Waals surface area contributed by atoms with E-state index in [9.17, 15) is 4.79 Å². The van der Waals surface area contributed by atoms with Crippen molar-refractivity contribution in [2.75, 3.05) is 33.2 Å². The molecule has 1 aromatic rings. The van der Waals surface area contributed by atoms with Gasteiger partial charge in [0.25, 0.3) is 5.91 Å². The monoisotopic (exact) mass is 344 g/mol. The molecule has 1 aliphatic rings. The van der Waals surface area contributed by atoms with Crippen molar-refractivity contribution in [3.63, 3.8) is 0 Å². The average molecular weight is 345 g/mol. The Morgan fingerprint density at radius 3 is 2.52 bits per heavy atom. The number of nitrogens with zero attached hydrogens (tertiary/aromatic N) is 2. The fraction of sp³-hybridized carbons (Fsp3) is 0.600. The van der Waals surface area contributed by atoms with Crippen LogP contribution in [-0.2, 0) is 0 Å². The summed E-state index contributed by atoms with van der Waals surface area (Å²) in [5.74, 6) is 2.49. The summed E-state index contributed by atoms with van der Waals surface area (Å²) in [5, 5.41) is 6.31. The second-order valence-electron chi connectivity index (χ2n) is 6.67. The average Bonchev–Trinajstić information content (AvgIpc) is 3.13. The zero-order valence-corrected chi connectivity index (χ0v) is 15.8. The number of benzene rings is 1. The highest BCUT2D eigenvalue weighted by molar-refractivity contribution is 5.94. The minimum absolute atomic E-state index is 0.0349. The number of hydrogen-bond acceptors (Lipinski definition) is 2. The van der Waals surface area contributed by atoms with Crippen molar-refractivity contribution in [1.82, 2.24) is 15.5 Å². The van der Waals surface area contributed by atoms with Gasteiger partial charge in [-0.3, -0.25) is 9.79 Å². The Labute approximate surface area is 151 Å². The van der Waals surface area contributed by atoms with Gasteiger partial charge in [-0.05, 0) is 30.4 Å². The molecule has 0 spiro atoms. The van der Waals surface area contributed by atoms with Gasteiger partial charge in [-0.1, -0.05) is 44.9 Å². The number of guanidine groups is 1. The summed E-state index contributed by atoms with van der Waals surface area (Å²) in [5.41, 5.74) is 0.694. The number of rotatable bonds is 7. The van der Waals surface area contributed by atoms with Crippen LogP contribution in [0.15, 0.2) is 35.3 Å². The summed E-state index contributed by atoms with van der Waals surface area (Å²) >= 11 is 0. The summed E-state index contributed by atoms with van der Waals surface area (Å²) < 4.78 is 0. The van der Waals surface area contributed by atoms with Gasteiger partial charge in [0.15, 0.2) is 5.96 Å². The third kappa shape index (κ3) is 5.48. The molecule has 138 valence electrons. The molecule has 5 heteroatoms. The molecule has 1 aromatic carbocycles. The Kier molecular flexibility index (Phi) is 7.76. The van der Waals surface area contributed by atoms with E-state index in [0.717, 1.165) is 30.9 Å². The number of carbonyl (C=O) groups excluding carboxylic acids is 1. The lowest BCUT2D eigenvalue weighted by molar-refractivity contribution is 0.0954. The zero-order chi connectivity index (χ0) is 18.1. The van der Waals surface area contributed by atoms with E-state index < -0.39 is 0 Å². The Hall–Kier alpha value is -2.04. The summed E-state index contributed by atoms with van der Waals surface area (Å²) in [4.78, 5) is 18.8. The van der Waals surface area contributed by atoms with E-state index in [1.54, 1.807) is 0 Å². The number of likely N-dealkylation sites (tertiary alicyclic amines) is 1. The standard InChI is InChI=1S/C20H32N4O/c1-4-16(5-2)18-11-14-24(15-18)20(21-3)23-13-12-22-19(25)17-9-7-6-8-10-17/h6-10,16,18H,4-5,11-15H2,1-3H3,(H,21,23)(H,22,25). The molecule has 2 rings (SSSR count). The molecule has 2 N–H and O–H groups in total. The van der Waals surface area contributed by atoms with Crippen molar-refractivity contribution in [3.8, 4) is 0 Å². The van der Waals surface area contributed by atoms with Crippen molar-refractivity contribution < 1.29 is 4.79 Å². The maximum Gasteiger partial charge on any atom is 0.251 e. The van der Waals surface area contributed by atoms with Crippen LogP contribution in [0.3, 0.4) is 0 Å². The molecule has 0 saturated carbocycles. The van der Waals surface area contributed by atoms with Gasteiger partial charge in [0.2, 0.25) is 0 Å². The Balaban J connectivity index is 1.73. The fourth-order valence-corrected chi connectivity index (χ4v) is 3.69. The van der Waals surface area contributed by atoms with Gasteiger partial charge in [0.05, 0.1) is 0 Å². The SMILES string of the molecule is CCC(CC)C1CCN(C(=NC)NCCNC(=O)c2ccccc2)C1. The Morgan fingerprint density at radius 1 is 1.20 bits per heavy atom. The third-order valence-corrected chi connectivity index (χ3v) is 5.18. The number of hydrogen-bond donors (Lipinski definition) is 2. The molecular weight excluding hydrogens is 312 g/mol. The highest BCUT2D eigenvalue weighted by atomic mass is 16.1. The number of amides is 1. The van der Waals surface area contributed by atoms with Gasteiger partial charge in [0.1, 0.15) is 0 Å². The van der Waals surface area contributed by atoms with E-state index in [-0.39, 0.29) is 5.91 Å². The summed E-state index contributed by atoms with van der Waals surface area (Å²) in [6, 6.07) is 9.30. The van der Waals surface area contributed by atoms with Gasteiger partial charge < -0.3 is 15.5 Å². The molecule has 5 nitrogen and oxygen atoms in total. The smallest absolute Gasteiger partial charge is 0.251 e. The van der Waals surface area contributed by atoms with Crippen LogP contribution in [0.4, 0.5) is 0 Å². The van der Waals surface area contributed by atoms with Crippen LogP contribution in [0.1, 0.15) is 43.5 Å². The second-order valence-corrected chi connectivity index (χ2v) is 6.67. The van der Waals surface area contributed by atoms with Crippen LogP contribution in [0.2, 0.25) is 0 Å². The molecule has 1 aliphatic heterocycles. The summed E-state index contributed by atoms with van der Waals surface area (Å²) in [7, 11) is 1.83. The number of aliphatic imine (C=N–C) groups is 1. The molecule has 1 atom stereocenters. The van der Waals surface area contributed by atoms with E-state index in [2.05, 4.69) is 34.4 Å². The van der Waals surface area contributed by atoms with Gasteiger partial charge >= 0.3 is 0 Å². The first-order valence-corrected chi connectivity index (χ1v) is 9.48. The fourth-order valence-electron chi connectivity index (χ4n) is 3.69. The molecule has 1 unspecified atom stereocenters. The van der Waals surface area contributed by atoms with Crippen molar-refractivity contribution in [3.05, 3.63) is 35.9 Å². The van der Waals surface area contributed by atoms with Gasteiger partial charge in [-0.25, -0.2) is 0 Å². The topological polar surface area (TPSA) is 56.7 Å².